The Morgan fingerprint density at radius 1 is 1.08 bits per heavy atom. The maximum Gasteiger partial charge on any atom is 0.200 e. The highest BCUT2D eigenvalue weighted by atomic mass is 32.1. The quantitative estimate of drug-likeness (QED) is 0.387. The second kappa shape index (κ2) is 9.43. The lowest BCUT2D eigenvalue weighted by molar-refractivity contribution is -0.121. The number of nitrogens with zero attached hydrogens (tertiary/aromatic N) is 1. The van der Waals surface area contributed by atoms with Crippen LogP contribution in [0.2, 0.25) is 0 Å². The van der Waals surface area contributed by atoms with Crippen LogP contribution in [-0.2, 0) is 15.0 Å². The summed E-state index contributed by atoms with van der Waals surface area (Å²) in [5.41, 5.74) is 0.600. The van der Waals surface area contributed by atoms with Crippen LogP contribution in [0, 0.1) is 0 Å². The van der Waals surface area contributed by atoms with Gasteiger partial charge in [-0.25, -0.2) is 4.98 Å². The van der Waals surface area contributed by atoms with Crippen molar-refractivity contribution in [3.63, 3.8) is 0 Å². The zero-order chi connectivity index (χ0) is 18.3. The summed E-state index contributed by atoms with van der Waals surface area (Å²) in [5, 5.41) is -0.656. The Bertz CT molecular complexity index is 696. The number of unbranched alkanes of at least 4 members (excludes halogenated alkanes) is 5. The smallest absolute Gasteiger partial charge is 0.200 e. The van der Waals surface area contributed by atoms with Gasteiger partial charge in [-0.05, 0) is 18.6 Å². The number of para-hydroxylation sites is 2. The number of carbonyl (C=O) groups is 2. The number of aromatic amines is 1. The van der Waals surface area contributed by atoms with E-state index < -0.39 is 5.41 Å². The van der Waals surface area contributed by atoms with Crippen LogP contribution < -0.4 is 0 Å². The molecule has 1 aromatic carbocycles. The molecule has 0 aliphatic rings. The molecule has 0 spiro atoms. The fourth-order valence-corrected chi connectivity index (χ4v) is 3.79. The van der Waals surface area contributed by atoms with Gasteiger partial charge >= 0.3 is 0 Å². The summed E-state index contributed by atoms with van der Waals surface area (Å²) in [5.74, 6) is 0.518. The van der Waals surface area contributed by atoms with Gasteiger partial charge in [-0.15, -0.1) is 25.3 Å². The van der Waals surface area contributed by atoms with Crippen molar-refractivity contribution >= 4 is 46.5 Å². The van der Waals surface area contributed by atoms with Crippen molar-refractivity contribution < 1.29 is 9.59 Å². The van der Waals surface area contributed by atoms with Crippen LogP contribution in [0.5, 0.6) is 0 Å². The van der Waals surface area contributed by atoms with E-state index in [9.17, 15) is 9.59 Å². The van der Waals surface area contributed by atoms with E-state index in [1.807, 2.05) is 24.3 Å². The standard InChI is InChI=1S/C19H26N2O2S2/c1-2-3-4-5-6-9-12-19(18(23)25,13-16(22)24)17-20-14-10-7-8-11-15(14)21-17/h7-8,10-11H,2-6,9,12-13H2,1H3,(H,20,21)(H,22,24)(H,23,25). The first-order chi connectivity index (χ1) is 12.0. The second-order valence-electron chi connectivity index (χ2n) is 6.58. The van der Waals surface area contributed by atoms with E-state index in [0.717, 1.165) is 30.3 Å². The molecular weight excluding hydrogens is 352 g/mol. The SMILES string of the molecule is CCCCCCCCC(CC(=O)S)(C(=O)S)c1nc2ccccc2[nH]1. The third-order valence-corrected chi connectivity index (χ3v) is 5.25. The molecule has 25 heavy (non-hydrogen) atoms. The van der Waals surface area contributed by atoms with Crippen LogP contribution in [0.15, 0.2) is 24.3 Å². The van der Waals surface area contributed by atoms with E-state index >= 15 is 0 Å². The van der Waals surface area contributed by atoms with Gasteiger partial charge in [0.1, 0.15) is 11.2 Å². The average Bonchev–Trinajstić information content (AvgIpc) is 3.00. The van der Waals surface area contributed by atoms with Crippen molar-refractivity contribution in [2.24, 2.45) is 0 Å². The largest absolute Gasteiger partial charge is 0.341 e. The molecule has 1 atom stereocenters. The van der Waals surface area contributed by atoms with Crippen molar-refractivity contribution in [3.8, 4) is 0 Å². The maximum atomic E-state index is 12.5. The molecule has 1 aromatic heterocycles. The maximum absolute atomic E-state index is 12.5. The summed E-state index contributed by atoms with van der Waals surface area (Å²) in [6, 6.07) is 7.60. The van der Waals surface area contributed by atoms with Crippen molar-refractivity contribution in [1.82, 2.24) is 9.97 Å². The molecule has 0 saturated heterocycles. The third kappa shape index (κ3) is 5.11. The molecule has 4 nitrogen and oxygen atoms in total. The van der Waals surface area contributed by atoms with Gasteiger partial charge in [0.2, 0.25) is 0 Å². The van der Waals surface area contributed by atoms with E-state index in [-0.39, 0.29) is 16.7 Å². The monoisotopic (exact) mass is 378 g/mol. The van der Waals surface area contributed by atoms with Crippen LogP contribution in [-0.4, -0.2) is 20.2 Å². The van der Waals surface area contributed by atoms with Crippen molar-refractivity contribution in [3.05, 3.63) is 30.1 Å². The predicted molar refractivity (Wildman–Crippen MR) is 108 cm³/mol. The fourth-order valence-electron chi connectivity index (χ4n) is 3.22. The molecule has 1 unspecified atom stereocenters. The van der Waals surface area contributed by atoms with Gasteiger partial charge in [0.15, 0.2) is 10.2 Å². The number of carbonyl (C=O) groups excluding carboxylic acids is 2. The lowest BCUT2D eigenvalue weighted by Crippen LogP contribution is -2.36. The number of hydrogen-bond acceptors (Lipinski definition) is 3. The highest BCUT2D eigenvalue weighted by Crippen LogP contribution is 2.36. The summed E-state index contributed by atoms with van der Waals surface area (Å²) < 4.78 is 0. The summed E-state index contributed by atoms with van der Waals surface area (Å²) in [6.45, 7) is 2.18. The van der Waals surface area contributed by atoms with E-state index in [0.29, 0.717) is 12.2 Å². The fraction of sp³-hybridized carbons (Fsp3) is 0.526. The number of hydrogen-bond donors (Lipinski definition) is 3. The molecule has 2 aromatic rings. The van der Waals surface area contributed by atoms with Gasteiger partial charge < -0.3 is 4.98 Å². The number of nitrogens with one attached hydrogen (secondary N) is 1. The zero-order valence-electron chi connectivity index (χ0n) is 14.6. The molecule has 1 N–H and O–H groups in total. The molecule has 6 heteroatoms. The van der Waals surface area contributed by atoms with Crippen molar-refractivity contribution in [2.45, 2.75) is 63.7 Å². The summed E-state index contributed by atoms with van der Waals surface area (Å²) in [6.07, 6.45) is 7.22. The number of benzene rings is 1. The molecule has 1 heterocycles. The lowest BCUT2D eigenvalue weighted by Gasteiger charge is -2.27. The summed E-state index contributed by atoms with van der Waals surface area (Å²) >= 11 is 8.04. The molecule has 136 valence electrons. The molecule has 0 radical (unpaired) electrons. The topological polar surface area (TPSA) is 62.8 Å². The van der Waals surface area contributed by atoms with Gasteiger partial charge in [-0.1, -0.05) is 57.6 Å². The Morgan fingerprint density at radius 3 is 2.40 bits per heavy atom. The Morgan fingerprint density at radius 2 is 1.76 bits per heavy atom. The van der Waals surface area contributed by atoms with Gasteiger partial charge in [-0.2, -0.15) is 0 Å². The molecule has 0 aliphatic carbocycles. The minimum absolute atomic E-state index is 0.00717. The highest BCUT2D eigenvalue weighted by Gasteiger charge is 2.42. The Hall–Kier alpha value is -1.27. The Labute approximate surface area is 160 Å². The summed E-state index contributed by atoms with van der Waals surface area (Å²) in [7, 11) is 0. The lowest BCUT2D eigenvalue weighted by atomic mass is 9.80. The van der Waals surface area contributed by atoms with E-state index in [4.69, 9.17) is 0 Å². The van der Waals surface area contributed by atoms with Gasteiger partial charge in [0.05, 0.1) is 11.0 Å². The predicted octanol–water partition coefficient (Wildman–Crippen LogP) is 4.85. The number of imidazole rings is 1. The zero-order valence-corrected chi connectivity index (χ0v) is 16.4. The molecule has 0 amide bonds. The normalized spacial score (nSPS) is 13.7. The Kier molecular flexibility index (Phi) is 7.56. The van der Waals surface area contributed by atoms with Gasteiger partial charge in [0.25, 0.3) is 0 Å². The van der Waals surface area contributed by atoms with Crippen LogP contribution in [0.4, 0.5) is 0 Å². The number of aromatic nitrogens is 2. The van der Waals surface area contributed by atoms with Gasteiger partial charge in [0, 0.05) is 6.42 Å². The third-order valence-electron chi connectivity index (χ3n) is 4.66. The van der Waals surface area contributed by atoms with Crippen LogP contribution in [0.25, 0.3) is 11.0 Å². The molecule has 2 rings (SSSR count). The molecule has 0 fully saturated rings. The number of thiol groups is 2. The van der Waals surface area contributed by atoms with Crippen LogP contribution >= 0.6 is 25.3 Å². The first kappa shape index (κ1) is 20.0. The Balaban J connectivity index is 2.24. The highest BCUT2D eigenvalue weighted by molar-refractivity contribution is 7.97. The van der Waals surface area contributed by atoms with E-state index in [1.54, 1.807) is 0 Å². The molecule has 0 aliphatic heterocycles. The van der Waals surface area contributed by atoms with Crippen LogP contribution in [0.3, 0.4) is 0 Å². The first-order valence-electron chi connectivity index (χ1n) is 8.90. The van der Waals surface area contributed by atoms with Crippen LogP contribution in [0.1, 0.15) is 64.1 Å². The molecule has 0 saturated carbocycles. The van der Waals surface area contributed by atoms with Crippen molar-refractivity contribution in [2.75, 3.05) is 0 Å². The van der Waals surface area contributed by atoms with E-state index in [1.165, 1.54) is 19.3 Å². The van der Waals surface area contributed by atoms with E-state index in [2.05, 4.69) is 42.1 Å². The first-order valence-corrected chi connectivity index (χ1v) is 9.79. The summed E-state index contributed by atoms with van der Waals surface area (Å²) in [4.78, 5) is 32.0. The van der Waals surface area contributed by atoms with Crippen molar-refractivity contribution in [1.29, 1.82) is 0 Å². The second-order valence-corrected chi connectivity index (χ2v) is 7.48. The van der Waals surface area contributed by atoms with Gasteiger partial charge in [-0.3, -0.25) is 9.59 Å². The average molecular weight is 379 g/mol. The number of fused-ring (bicyclic) bond motifs is 1. The minimum atomic E-state index is -1.04. The minimum Gasteiger partial charge on any atom is -0.341 e. The number of rotatable bonds is 11. The molecule has 0 bridgehead atoms. The number of H-pyrrole nitrogens is 1. The molecular formula is C19H26N2O2S2.